The zero-order valence-corrected chi connectivity index (χ0v) is 12.3. The van der Waals surface area contributed by atoms with E-state index in [1.807, 2.05) is 14.1 Å². The Labute approximate surface area is 115 Å². The summed E-state index contributed by atoms with van der Waals surface area (Å²) in [6, 6.07) is 5.18. The van der Waals surface area contributed by atoms with Crippen LogP contribution in [0.2, 0.25) is 5.02 Å². The zero-order valence-electron chi connectivity index (χ0n) is 9.96. The van der Waals surface area contributed by atoms with Gasteiger partial charge in [-0.15, -0.1) is 0 Å². The molecule has 0 fully saturated rings. The summed E-state index contributed by atoms with van der Waals surface area (Å²) in [5.74, 6) is -0.0850. The molecule has 0 spiro atoms. The molecule has 1 rings (SSSR count). The number of amides is 1. The van der Waals surface area contributed by atoms with Crippen LogP contribution in [0.3, 0.4) is 0 Å². The van der Waals surface area contributed by atoms with Crippen molar-refractivity contribution in [2.24, 2.45) is 0 Å². The Morgan fingerprint density at radius 1 is 1.47 bits per heavy atom. The average molecular weight is 320 g/mol. The molecule has 0 radical (unpaired) electrons. The van der Waals surface area contributed by atoms with Crippen molar-refractivity contribution >= 4 is 33.4 Å². The Morgan fingerprint density at radius 2 is 2.18 bits per heavy atom. The molecule has 5 heteroatoms. The summed E-state index contributed by atoms with van der Waals surface area (Å²) in [5, 5.41) is 3.41. The van der Waals surface area contributed by atoms with Crippen molar-refractivity contribution < 1.29 is 4.79 Å². The highest BCUT2D eigenvalue weighted by atomic mass is 79.9. The molecule has 0 saturated carbocycles. The molecule has 3 nitrogen and oxygen atoms in total. The number of rotatable bonds is 5. The van der Waals surface area contributed by atoms with Gasteiger partial charge in [-0.05, 0) is 61.2 Å². The van der Waals surface area contributed by atoms with E-state index < -0.39 is 0 Å². The van der Waals surface area contributed by atoms with Crippen LogP contribution in [0.15, 0.2) is 22.7 Å². The van der Waals surface area contributed by atoms with Gasteiger partial charge in [0.15, 0.2) is 0 Å². The van der Waals surface area contributed by atoms with Crippen molar-refractivity contribution in [1.29, 1.82) is 0 Å². The van der Waals surface area contributed by atoms with Gasteiger partial charge in [-0.2, -0.15) is 0 Å². The molecular formula is C12H16BrClN2O. The number of carbonyl (C=O) groups excluding carboxylic acids is 1. The van der Waals surface area contributed by atoms with Crippen LogP contribution in [0.5, 0.6) is 0 Å². The molecule has 1 aromatic carbocycles. The minimum Gasteiger partial charge on any atom is -0.352 e. The highest BCUT2D eigenvalue weighted by molar-refractivity contribution is 9.10. The number of nitrogens with zero attached hydrogens (tertiary/aromatic N) is 1. The molecule has 0 aliphatic heterocycles. The van der Waals surface area contributed by atoms with E-state index in [-0.39, 0.29) is 5.91 Å². The monoisotopic (exact) mass is 318 g/mol. The number of hydrogen-bond acceptors (Lipinski definition) is 2. The van der Waals surface area contributed by atoms with Gasteiger partial charge in [0.25, 0.3) is 5.91 Å². The fraction of sp³-hybridized carbons (Fsp3) is 0.417. The number of halogens is 2. The van der Waals surface area contributed by atoms with Gasteiger partial charge < -0.3 is 10.2 Å². The van der Waals surface area contributed by atoms with E-state index in [1.165, 1.54) is 0 Å². The molecule has 0 aromatic heterocycles. The number of nitrogens with one attached hydrogen (secondary N) is 1. The minimum atomic E-state index is -0.0850. The maximum absolute atomic E-state index is 11.8. The van der Waals surface area contributed by atoms with Crippen LogP contribution in [0.4, 0.5) is 0 Å². The van der Waals surface area contributed by atoms with E-state index >= 15 is 0 Å². The first kappa shape index (κ1) is 14.5. The van der Waals surface area contributed by atoms with Crippen LogP contribution < -0.4 is 5.32 Å². The standard InChI is InChI=1S/C12H16BrClN2O/c1-16(2)7-3-6-15-12(17)9-4-5-10(13)11(14)8-9/h4-5,8H,3,6-7H2,1-2H3,(H,15,17). The summed E-state index contributed by atoms with van der Waals surface area (Å²) in [6.07, 6.45) is 0.934. The first-order valence-corrected chi connectivity index (χ1v) is 6.56. The van der Waals surface area contributed by atoms with Gasteiger partial charge in [0.1, 0.15) is 0 Å². The van der Waals surface area contributed by atoms with Crippen molar-refractivity contribution in [3.8, 4) is 0 Å². The van der Waals surface area contributed by atoms with E-state index in [0.717, 1.165) is 17.4 Å². The van der Waals surface area contributed by atoms with Crippen LogP contribution in [0, 0.1) is 0 Å². The molecule has 0 saturated heterocycles. The first-order valence-electron chi connectivity index (χ1n) is 5.38. The number of benzene rings is 1. The molecule has 1 amide bonds. The average Bonchev–Trinajstić information content (AvgIpc) is 2.27. The highest BCUT2D eigenvalue weighted by Gasteiger charge is 2.06. The molecule has 17 heavy (non-hydrogen) atoms. The van der Waals surface area contributed by atoms with Crippen molar-refractivity contribution in [3.05, 3.63) is 33.3 Å². The lowest BCUT2D eigenvalue weighted by Gasteiger charge is -2.10. The van der Waals surface area contributed by atoms with Crippen molar-refractivity contribution in [2.45, 2.75) is 6.42 Å². The van der Waals surface area contributed by atoms with Gasteiger partial charge in [-0.3, -0.25) is 4.79 Å². The van der Waals surface area contributed by atoms with Gasteiger partial charge >= 0.3 is 0 Å². The van der Waals surface area contributed by atoms with Gasteiger partial charge in [-0.25, -0.2) is 0 Å². The lowest BCUT2D eigenvalue weighted by atomic mass is 10.2. The Hall–Kier alpha value is -0.580. The van der Waals surface area contributed by atoms with Crippen molar-refractivity contribution in [2.75, 3.05) is 27.2 Å². The van der Waals surface area contributed by atoms with Crippen molar-refractivity contribution in [1.82, 2.24) is 10.2 Å². The van der Waals surface area contributed by atoms with Gasteiger partial charge in [0.05, 0.1) is 5.02 Å². The Bertz CT molecular complexity index is 396. The van der Waals surface area contributed by atoms with Crippen LogP contribution in [0.25, 0.3) is 0 Å². The van der Waals surface area contributed by atoms with E-state index in [9.17, 15) is 4.79 Å². The third-order valence-corrected chi connectivity index (χ3v) is 3.48. The summed E-state index contributed by atoms with van der Waals surface area (Å²) in [5.41, 5.74) is 0.586. The summed E-state index contributed by atoms with van der Waals surface area (Å²) < 4.78 is 0.795. The third-order valence-electron chi connectivity index (χ3n) is 2.25. The quantitative estimate of drug-likeness (QED) is 0.847. The van der Waals surface area contributed by atoms with E-state index in [1.54, 1.807) is 18.2 Å². The second kappa shape index (κ2) is 6.99. The molecule has 0 unspecified atom stereocenters. The zero-order chi connectivity index (χ0) is 12.8. The summed E-state index contributed by atoms with van der Waals surface area (Å²) in [4.78, 5) is 13.8. The summed E-state index contributed by atoms with van der Waals surface area (Å²) in [7, 11) is 4.02. The lowest BCUT2D eigenvalue weighted by Crippen LogP contribution is -2.27. The molecule has 94 valence electrons. The minimum absolute atomic E-state index is 0.0850. The Balaban J connectivity index is 2.44. The predicted octanol–water partition coefficient (Wildman–Crippen LogP) is 2.78. The highest BCUT2D eigenvalue weighted by Crippen LogP contribution is 2.23. The maximum Gasteiger partial charge on any atom is 0.251 e. The van der Waals surface area contributed by atoms with E-state index in [0.29, 0.717) is 17.1 Å². The van der Waals surface area contributed by atoms with E-state index in [4.69, 9.17) is 11.6 Å². The maximum atomic E-state index is 11.8. The molecular weight excluding hydrogens is 304 g/mol. The van der Waals surface area contributed by atoms with Crippen molar-refractivity contribution in [3.63, 3.8) is 0 Å². The Kier molecular flexibility index (Phi) is 5.95. The summed E-state index contributed by atoms with van der Waals surface area (Å²) >= 11 is 9.22. The van der Waals surface area contributed by atoms with Crippen LogP contribution in [-0.2, 0) is 0 Å². The fourth-order valence-electron chi connectivity index (χ4n) is 1.34. The molecule has 0 heterocycles. The van der Waals surface area contributed by atoms with Crippen LogP contribution in [-0.4, -0.2) is 38.0 Å². The second-order valence-electron chi connectivity index (χ2n) is 4.04. The van der Waals surface area contributed by atoms with Crippen LogP contribution >= 0.6 is 27.5 Å². The molecule has 1 N–H and O–H groups in total. The second-order valence-corrected chi connectivity index (χ2v) is 5.30. The molecule has 0 aliphatic carbocycles. The number of carbonyl (C=O) groups is 1. The SMILES string of the molecule is CN(C)CCCNC(=O)c1ccc(Br)c(Cl)c1. The van der Waals surface area contributed by atoms with Gasteiger partial charge in [-0.1, -0.05) is 11.6 Å². The fourth-order valence-corrected chi connectivity index (χ4v) is 1.76. The lowest BCUT2D eigenvalue weighted by molar-refractivity contribution is 0.0952. The number of hydrogen-bond donors (Lipinski definition) is 1. The van der Waals surface area contributed by atoms with Crippen LogP contribution in [0.1, 0.15) is 16.8 Å². The molecule has 1 aromatic rings. The van der Waals surface area contributed by atoms with Gasteiger partial charge in [0, 0.05) is 16.6 Å². The third kappa shape index (κ3) is 5.06. The molecule has 0 atom stereocenters. The van der Waals surface area contributed by atoms with Gasteiger partial charge in [0.2, 0.25) is 0 Å². The predicted molar refractivity (Wildman–Crippen MR) is 74.7 cm³/mol. The smallest absolute Gasteiger partial charge is 0.251 e. The normalized spacial score (nSPS) is 10.6. The summed E-state index contributed by atoms with van der Waals surface area (Å²) in [6.45, 7) is 1.63. The first-order chi connectivity index (χ1) is 8.00. The molecule has 0 bridgehead atoms. The van der Waals surface area contributed by atoms with E-state index in [2.05, 4.69) is 26.1 Å². The molecule has 0 aliphatic rings. The Morgan fingerprint density at radius 3 is 2.76 bits per heavy atom. The topological polar surface area (TPSA) is 32.3 Å². The largest absolute Gasteiger partial charge is 0.352 e.